The van der Waals surface area contributed by atoms with Crippen molar-refractivity contribution in [3.8, 4) is 11.1 Å². The van der Waals surface area contributed by atoms with Crippen molar-refractivity contribution in [3.05, 3.63) is 59.7 Å². The Hall–Kier alpha value is -3.35. The third kappa shape index (κ3) is 6.02. The van der Waals surface area contributed by atoms with Crippen LogP contribution in [0.15, 0.2) is 48.5 Å². The zero-order valence-electron chi connectivity index (χ0n) is 20.3. The standard InChI is InChI=1S/C28H34N2O5/c1-17(27(32)33)8-7-9-18(2)29-26(31)25(19-14-15-19)30-28(34)35-16-24-22-12-5-3-10-20(22)21-11-4-6-13-23(21)24/h3-6,10-13,17-19,24-25H,7-9,14-16H2,1-2H3,(H,29,31)(H,30,34)(H,32,33). The number of aliphatic carboxylic acids is 1. The quantitative estimate of drug-likeness (QED) is 0.434. The largest absolute Gasteiger partial charge is 0.481 e. The number of hydrogen-bond acceptors (Lipinski definition) is 4. The number of carbonyl (C=O) groups is 3. The molecule has 35 heavy (non-hydrogen) atoms. The van der Waals surface area contributed by atoms with Gasteiger partial charge in [0.1, 0.15) is 12.6 Å². The first-order valence-electron chi connectivity index (χ1n) is 12.5. The predicted octanol–water partition coefficient (Wildman–Crippen LogP) is 4.70. The second kappa shape index (κ2) is 10.9. The number of carboxylic acids is 1. The molecular formula is C28H34N2O5. The Balaban J connectivity index is 1.30. The smallest absolute Gasteiger partial charge is 0.407 e. The maximum atomic E-state index is 12.9. The van der Waals surface area contributed by atoms with E-state index in [1.54, 1.807) is 6.92 Å². The van der Waals surface area contributed by atoms with Gasteiger partial charge in [-0.15, -0.1) is 0 Å². The highest BCUT2D eigenvalue weighted by molar-refractivity contribution is 5.86. The molecule has 0 radical (unpaired) electrons. The molecule has 0 saturated heterocycles. The molecule has 7 heteroatoms. The maximum Gasteiger partial charge on any atom is 0.407 e. The number of hydrogen-bond donors (Lipinski definition) is 3. The normalized spacial score (nSPS) is 17.0. The Kier molecular flexibility index (Phi) is 7.73. The van der Waals surface area contributed by atoms with E-state index in [-0.39, 0.29) is 30.4 Å². The summed E-state index contributed by atoms with van der Waals surface area (Å²) in [5.74, 6) is -1.32. The van der Waals surface area contributed by atoms with E-state index in [1.807, 2.05) is 31.2 Å². The number of benzene rings is 2. The minimum absolute atomic E-state index is 0.0328. The second-order valence-corrected chi connectivity index (χ2v) is 9.86. The Bertz CT molecular complexity index is 1040. The van der Waals surface area contributed by atoms with Gasteiger partial charge in [0.05, 0.1) is 5.92 Å². The van der Waals surface area contributed by atoms with Crippen LogP contribution < -0.4 is 10.6 Å². The Morgan fingerprint density at radius 1 is 0.943 bits per heavy atom. The fourth-order valence-corrected chi connectivity index (χ4v) is 4.85. The van der Waals surface area contributed by atoms with Gasteiger partial charge in [0.15, 0.2) is 0 Å². The average Bonchev–Trinajstić information content (AvgIpc) is 3.63. The van der Waals surface area contributed by atoms with Gasteiger partial charge in [-0.05, 0) is 60.8 Å². The molecule has 1 fully saturated rings. The fraction of sp³-hybridized carbons (Fsp3) is 0.464. The summed E-state index contributed by atoms with van der Waals surface area (Å²) in [5.41, 5.74) is 4.62. The fourth-order valence-electron chi connectivity index (χ4n) is 4.85. The van der Waals surface area contributed by atoms with Crippen molar-refractivity contribution in [2.45, 2.75) is 64.0 Å². The highest BCUT2D eigenvalue weighted by Crippen LogP contribution is 2.44. The van der Waals surface area contributed by atoms with Crippen molar-refractivity contribution in [2.75, 3.05) is 6.61 Å². The van der Waals surface area contributed by atoms with E-state index in [9.17, 15) is 14.4 Å². The van der Waals surface area contributed by atoms with Crippen LogP contribution >= 0.6 is 0 Å². The molecule has 0 heterocycles. The molecule has 3 N–H and O–H groups in total. The van der Waals surface area contributed by atoms with Crippen LogP contribution in [0.5, 0.6) is 0 Å². The van der Waals surface area contributed by atoms with E-state index < -0.39 is 24.0 Å². The van der Waals surface area contributed by atoms with Crippen LogP contribution in [0.3, 0.4) is 0 Å². The minimum atomic E-state index is -0.803. The van der Waals surface area contributed by atoms with Crippen LogP contribution in [0.2, 0.25) is 0 Å². The van der Waals surface area contributed by atoms with Crippen LogP contribution in [0.25, 0.3) is 11.1 Å². The molecule has 4 rings (SSSR count). The summed E-state index contributed by atoms with van der Waals surface area (Å²) >= 11 is 0. The predicted molar refractivity (Wildman–Crippen MR) is 133 cm³/mol. The van der Waals surface area contributed by atoms with E-state index >= 15 is 0 Å². The van der Waals surface area contributed by atoms with Gasteiger partial charge in [0.2, 0.25) is 5.91 Å². The van der Waals surface area contributed by atoms with Gasteiger partial charge in [-0.25, -0.2) is 4.79 Å². The van der Waals surface area contributed by atoms with Gasteiger partial charge in [-0.2, -0.15) is 0 Å². The average molecular weight is 479 g/mol. The SMILES string of the molecule is CC(CCCC(C)C(=O)O)NC(=O)C(NC(=O)OCC1c2ccccc2-c2ccccc21)C1CC1. The molecular weight excluding hydrogens is 444 g/mol. The Morgan fingerprint density at radius 3 is 2.11 bits per heavy atom. The lowest BCUT2D eigenvalue weighted by atomic mass is 9.98. The summed E-state index contributed by atoms with van der Waals surface area (Å²) in [6.45, 7) is 3.80. The maximum absolute atomic E-state index is 12.9. The molecule has 1 saturated carbocycles. The van der Waals surface area contributed by atoms with Crippen molar-refractivity contribution >= 4 is 18.0 Å². The van der Waals surface area contributed by atoms with Crippen molar-refractivity contribution in [2.24, 2.45) is 11.8 Å². The molecule has 2 aromatic carbocycles. The third-order valence-corrected chi connectivity index (χ3v) is 7.08. The van der Waals surface area contributed by atoms with Gasteiger partial charge in [-0.3, -0.25) is 9.59 Å². The van der Waals surface area contributed by atoms with E-state index in [0.29, 0.717) is 19.3 Å². The number of amides is 2. The molecule has 7 nitrogen and oxygen atoms in total. The number of rotatable bonds is 11. The van der Waals surface area contributed by atoms with Crippen LogP contribution in [0.1, 0.15) is 63.0 Å². The van der Waals surface area contributed by atoms with E-state index in [0.717, 1.165) is 24.0 Å². The van der Waals surface area contributed by atoms with Crippen molar-refractivity contribution in [1.82, 2.24) is 10.6 Å². The lowest BCUT2D eigenvalue weighted by Gasteiger charge is -2.22. The first-order valence-corrected chi connectivity index (χ1v) is 12.5. The molecule has 3 unspecified atom stereocenters. The van der Waals surface area contributed by atoms with Crippen molar-refractivity contribution in [3.63, 3.8) is 0 Å². The Morgan fingerprint density at radius 2 is 1.54 bits per heavy atom. The number of fused-ring (bicyclic) bond motifs is 3. The minimum Gasteiger partial charge on any atom is -0.481 e. The number of carboxylic acid groups (broad SMARTS) is 1. The van der Waals surface area contributed by atoms with Crippen LogP contribution in [0.4, 0.5) is 4.79 Å². The molecule has 2 aliphatic rings. The highest BCUT2D eigenvalue weighted by Gasteiger charge is 2.38. The van der Waals surface area contributed by atoms with Crippen LogP contribution in [-0.4, -0.2) is 41.8 Å². The van der Waals surface area contributed by atoms with Gasteiger partial charge in [0, 0.05) is 12.0 Å². The number of ether oxygens (including phenoxy) is 1. The summed E-state index contributed by atoms with van der Waals surface area (Å²) in [6.07, 6.45) is 3.17. The molecule has 0 aromatic heterocycles. The summed E-state index contributed by atoms with van der Waals surface area (Å²) < 4.78 is 5.63. The third-order valence-electron chi connectivity index (χ3n) is 7.08. The first kappa shape index (κ1) is 24.8. The molecule has 2 aromatic rings. The van der Waals surface area contributed by atoms with Crippen molar-refractivity contribution in [1.29, 1.82) is 0 Å². The molecule has 2 amide bonds. The van der Waals surface area contributed by atoms with Gasteiger partial charge in [0.25, 0.3) is 0 Å². The molecule has 186 valence electrons. The molecule has 3 atom stereocenters. The van der Waals surface area contributed by atoms with Crippen molar-refractivity contribution < 1.29 is 24.2 Å². The topological polar surface area (TPSA) is 105 Å². The zero-order valence-corrected chi connectivity index (χ0v) is 20.3. The van der Waals surface area contributed by atoms with E-state index in [4.69, 9.17) is 9.84 Å². The number of nitrogens with one attached hydrogen (secondary N) is 2. The molecule has 0 aliphatic heterocycles. The molecule has 2 aliphatic carbocycles. The zero-order chi connectivity index (χ0) is 24.9. The van der Waals surface area contributed by atoms with Crippen LogP contribution in [0, 0.1) is 11.8 Å². The number of alkyl carbamates (subject to hydrolysis) is 1. The lowest BCUT2D eigenvalue weighted by Crippen LogP contribution is -2.50. The lowest BCUT2D eigenvalue weighted by molar-refractivity contribution is -0.141. The van der Waals surface area contributed by atoms with E-state index in [2.05, 4.69) is 34.9 Å². The highest BCUT2D eigenvalue weighted by atomic mass is 16.5. The monoisotopic (exact) mass is 478 g/mol. The van der Waals surface area contributed by atoms with Gasteiger partial charge < -0.3 is 20.5 Å². The first-order chi connectivity index (χ1) is 16.8. The molecule has 0 bridgehead atoms. The molecule has 0 spiro atoms. The summed E-state index contributed by atoms with van der Waals surface area (Å²) in [7, 11) is 0. The number of carbonyl (C=O) groups excluding carboxylic acids is 2. The van der Waals surface area contributed by atoms with Gasteiger partial charge >= 0.3 is 12.1 Å². The Labute approximate surface area is 206 Å². The summed E-state index contributed by atoms with van der Waals surface area (Å²) in [5, 5.41) is 14.8. The van der Waals surface area contributed by atoms with E-state index in [1.165, 1.54) is 11.1 Å². The summed E-state index contributed by atoms with van der Waals surface area (Å²) in [6, 6.07) is 15.6. The second-order valence-electron chi connectivity index (χ2n) is 9.86. The van der Waals surface area contributed by atoms with Gasteiger partial charge in [-0.1, -0.05) is 61.9 Å². The summed E-state index contributed by atoms with van der Waals surface area (Å²) in [4.78, 5) is 36.6. The van der Waals surface area contributed by atoms with Crippen LogP contribution in [-0.2, 0) is 14.3 Å².